The van der Waals surface area contributed by atoms with Crippen LogP contribution in [0.3, 0.4) is 0 Å². The summed E-state index contributed by atoms with van der Waals surface area (Å²) < 4.78 is 19.8. The first kappa shape index (κ1) is 23.8. The molecular weight excluding hydrogens is 508 g/mol. The third-order valence-electron chi connectivity index (χ3n) is 6.70. The van der Waals surface area contributed by atoms with E-state index >= 15 is 0 Å². The molecule has 0 spiro atoms. The van der Waals surface area contributed by atoms with Crippen LogP contribution in [-0.4, -0.2) is 35.2 Å². The van der Waals surface area contributed by atoms with Crippen LogP contribution in [0, 0.1) is 6.92 Å². The number of thioether (sulfide) groups is 1. The van der Waals surface area contributed by atoms with Gasteiger partial charge in [-0.25, -0.2) is 4.68 Å². The number of benzene rings is 3. The number of aryl methyl sites for hydroxylation is 1. The van der Waals surface area contributed by atoms with Crippen molar-refractivity contribution in [3.05, 3.63) is 93.5 Å². The zero-order chi connectivity index (χ0) is 25.7. The van der Waals surface area contributed by atoms with Gasteiger partial charge in [0.1, 0.15) is 17.9 Å². The van der Waals surface area contributed by atoms with Crippen molar-refractivity contribution in [2.45, 2.75) is 24.2 Å². The van der Waals surface area contributed by atoms with E-state index in [1.807, 2.05) is 47.3 Å². The quantitative estimate of drug-likeness (QED) is 0.293. The summed E-state index contributed by atoms with van der Waals surface area (Å²) in [5, 5.41) is 9.73. The van der Waals surface area contributed by atoms with Crippen molar-refractivity contribution in [2.75, 3.05) is 25.8 Å². The number of fused-ring (bicyclic) bond motifs is 3. The number of nitrogens with zero attached hydrogens (tertiary/aromatic N) is 3. The van der Waals surface area contributed by atoms with E-state index in [1.165, 1.54) is 17.3 Å². The average molecular weight is 533 g/mol. The third kappa shape index (κ3) is 4.01. The summed E-state index contributed by atoms with van der Waals surface area (Å²) in [6.07, 6.45) is 1.54. The second kappa shape index (κ2) is 9.36. The fourth-order valence-corrected chi connectivity index (χ4v) is 5.45. The lowest BCUT2D eigenvalue weighted by Gasteiger charge is -2.39. The highest BCUT2D eigenvalue weighted by Gasteiger charge is 2.41. The minimum absolute atomic E-state index is 0.259. The van der Waals surface area contributed by atoms with E-state index < -0.39 is 6.10 Å². The molecule has 0 saturated carbocycles. The lowest BCUT2D eigenvalue weighted by Crippen LogP contribution is -2.32. The number of hydrogen-bond acceptors (Lipinski definition) is 7. The van der Waals surface area contributed by atoms with E-state index in [0.717, 1.165) is 33.7 Å². The van der Waals surface area contributed by atoms with Gasteiger partial charge in [0.2, 0.25) is 11.1 Å². The summed E-state index contributed by atoms with van der Waals surface area (Å²) >= 11 is 7.96. The molecule has 0 saturated heterocycles. The molecule has 7 nitrogen and oxygen atoms in total. The van der Waals surface area contributed by atoms with Crippen molar-refractivity contribution in [1.82, 2.24) is 14.8 Å². The van der Waals surface area contributed by atoms with E-state index in [-0.39, 0.29) is 6.04 Å². The summed E-state index contributed by atoms with van der Waals surface area (Å²) in [4.78, 5) is 4.76. The fourth-order valence-electron chi connectivity index (χ4n) is 4.93. The molecule has 3 heterocycles. The molecule has 1 aromatic heterocycles. The highest BCUT2D eigenvalue weighted by atomic mass is 35.5. The standard InChI is InChI=1S/C28H25ClN4O3S/c1-15-5-7-16(8-6-15)25-23-24(30-27-31-28(37-4)32-33(25)27)19-14-18(29)10-12-20(19)36-26(23)17-9-11-21(34-2)22(13-17)35-3/h5-14,25-26H,1-4H3,(H,30,31,32). The Kier molecular flexibility index (Phi) is 6.01. The largest absolute Gasteiger partial charge is 0.493 e. The highest BCUT2D eigenvalue weighted by Crippen LogP contribution is 2.52. The molecule has 0 fully saturated rings. The topological polar surface area (TPSA) is 70.4 Å². The van der Waals surface area contributed by atoms with Crippen LogP contribution < -0.4 is 19.5 Å². The maximum Gasteiger partial charge on any atom is 0.227 e. The number of aromatic nitrogens is 3. The Morgan fingerprint density at radius 3 is 2.46 bits per heavy atom. The van der Waals surface area contributed by atoms with Crippen molar-refractivity contribution >= 4 is 35.0 Å². The number of hydrogen-bond donors (Lipinski definition) is 1. The molecule has 1 N–H and O–H groups in total. The predicted octanol–water partition coefficient (Wildman–Crippen LogP) is 6.54. The Balaban J connectivity index is 1.62. The van der Waals surface area contributed by atoms with Crippen molar-refractivity contribution in [1.29, 1.82) is 0 Å². The van der Waals surface area contributed by atoms with Crippen LogP contribution >= 0.6 is 23.4 Å². The van der Waals surface area contributed by atoms with Gasteiger partial charge in [0.25, 0.3) is 0 Å². The summed E-state index contributed by atoms with van der Waals surface area (Å²) in [5.74, 6) is 2.70. The molecule has 2 atom stereocenters. The molecule has 0 aliphatic carbocycles. The zero-order valence-corrected chi connectivity index (χ0v) is 22.4. The molecule has 3 aromatic carbocycles. The Morgan fingerprint density at radius 2 is 1.73 bits per heavy atom. The van der Waals surface area contributed by atoms with Crippen molar-refractivity contribution in [3.8, 4) is 17.2 Å². The van der Waals surface area contributed by atoms with Crippen LogP contribution in [0.5, 0.6) is 17.2 Å². The smallest absolute Gasteiger partial charge is 0.227 e. The fraction of sp³-hybridized carbons (Fsp3) is 0.214. The Hall–Kier alpha value is -3.62. The van der Waals surface area contributed by atoms with Crippen LogP contribution in [0.2, 0.25) is 5.02 Å². The van der Waals surface area contributed by atoms with Crippen LogP contribution in [0.15, 0.2) is 71.4 Å². The van der Waals surface area contributed by atoms with Crippen LogP contribution in [0.4, 0.5) is 5.95 Å². The van der Waals surface area contributed by atoms with Gasteiger partial charge in [-0.1, -0.05) is 59.3 Å². The molecule has 2 aliphatic heterocycles. The summed E-state index contributed by atoms with van der Waals surface area (Å²) in [6.45, 7) is 2.08. The van der Waals surface area contributed by atoms with Gasteiger partial charge in [0, 0.05) is 21.7 Å². The molecule has 2 aliphatic rings. The van der Waals surface area contributed by atoms with Gasteiger partial charge in [-0.15, -0.1) is 5.10 Å². The molecule has 188 valence electrons. The number of halogens is 1. The van der Waals surface area contributed by atoms with E-state index in [4.69, 9.17) is 35.9 Å². The molecule has 0 amide bonds. The minimum Gasteiger partial charge on any atom is -0.493 e. The first-order valence-corrected chi connectivity index (χ1v) is 13.4. The molecule has 0 bridgehead atoms. The van der Waals surface area contributed by atoms with E-state index in [0.29, 0.717) is 27.6 Å². The van der Waals surface area contributed by atoms with Gasteiger partial charge in [0.15, 0.2) is 11.5 Å². The maximum absolute atomic E-state index is 6.72. The van der Waals surface area contributed by atoms with Gasteiger partial charge in [-0.3, -0.25) is 0 Å². The lowest BCUT2D eigenvalue weighted by molar-refractivity contribution is 0.222. The van der Waals surface area contributed by atoms with E-state index in [1.54, 1.807) is 14.2 Å². The van der Waals surface area contributed by atoms with Crippen LogP contribution in [-0.2, 0) is 0 Å². The second-order valence-electron chi connectivity index (χ2n) is 8.89. The Bertz CT molecular complexity index is 1530. The number of methoxy groups -OCH3 is 2. The molecule has 37 heavy (non-hydrogen) atoms. The SMILES string of the molecule is COc1ccc(C2Oc3ccc(Cl)cc3C3=C2C(c2ccc(C)cc2)n2nc(SC)nc2N3)cc1OC. The monoisotopic (exact) mass is 532 g/mol. The normalized spacial score (nSPS) is 17.8. The average Bonchev–Trinajstić information content (AvgIpc) is 3.35. The number of anilines is 1. The van der Waals surface area contributed by atoms with Gasteiger partial charge in [-0.2, -0.15) is 4.98 Å². The first-order chi connectivity index (χ1) is 18.0. The lowest BCUT2D eigenvalue weighted by atomic mass is 9.84. The van der Waals surface area contributed by atoms with Crippen molar-refractivity contribution < 1.29 is 14.2 Å². The van der Waals surface area contributed by atoms with Crippen molar-refractivity contribution in [3.63, 3.8) is 0 Å². The second-order valence-corrected chi connectivity index (χ2v) is 10.1. The van der Waals surface area contributed by atoms with Crippen LogP contribution in [0.1, 0.15) is 34.4 Å². The zero-order valence-electron chi connectivity index (χ0n) is 20.8. The summed E-state index contributed by atoms with van der Waals surface area (Å²) in [5.41, 5.74) is 6.01. The maximum atomic E-state index is 6.72. The van der Waals surface area contributed by atoms with Crippen LogP contribution in [0.25, 0.3) is 5.70 Å². The molecular formula is C28H25ClN4O3S. The van der Waals surface area contributed by atoms with Gasteiger partial charge in [-0.05, 0) is 49.1 Å². The summed E-state index contributed by atoms with van der Waals surface area (Å²) in [6, 6.07) is 19.8. The molecule has 6 rings (SSSR count). The van der Waals surface area contributed by atoms with Gasteiger partial charge in [0.05, 0.1) is 19.9 Å². The van der Waals surface area contributed by atoms with E-state index in [2.05, 4.69) is 36.5 Å². The molecule has 0 radical (unpaired) electrons. The Labute approximate surface area is 224 Å². The molecule has 4 aromatic rings. The van der Waals surface area contributed by atoms with Gasteiger partial charge < -0.3 is 19.5 Å². The number of ether oxygens (including phenoxy) is 3. The number of rotatable bonds is 5. The number of nitrogens with one attached hydrogen (secondary N) is 1. The predicted molar refractivity (Wildman–Crippen MR) is 146 cm³/mol. The van der Waals surface area contributed by atoms with Crippen molar-refractivity contribution in [2.24, 2.45) is 0 Å². The third-order valence-corrected chi connectivity index (χ3v) is 7.47. The summed E-state index contributed by atoms with van der Waals surface area (Å²) in [7, 11) is 3.26. The van der Waals surface area contributed by atoms with E-state index in [9.17, 15) is 0 Å². The minimum atomic E-state index is -0.433. The first-order valence-electron chi connectivity index (χ1n) is 11.8. The Morgan fingerprint density at radius 1 is 0.973 bits per heavy atom. The molecule has 9 heteroatoms. The van der Waals surface area contributed by atoms with Gasteiger partial charge >= 0.3 is 0 Å². The highest BCUT2D eigenvalue weighted by molar-refractivity contribution is 7.98. The molecule has 2 unspecified atom stereocenters.